The molecule has 7 nitrogen and oxygen atoms in total. The van der Waals surface area contributed by atoms with Crippen LogP contribution in [0.15, 0.2) is 218 Å². The maximum atomic E-state index is 7.26. The Hall–Kier alpha value is -9.98. The standard InChI is InChI=1S/C70H45N3O4/c1-38-18-5-11-26-52(38)71(62-40(3)32-34-46-42-20-7-13-28-56(42)74-67(46)62)54-36-50-44-22-9-15-30-58(44)76-69(50)65-60(54)48-24-17-25-49-61-55(37-51-45-23-10-16-31-59(45)77-70(51)66(61)73(65)64(48)49)72(53-27-12-6-19-39(53)2)63-41(4)33-35-47-43-21-8-14-29-57(43)75-68(47)63/h5-37H,1-4H3. The SMILES string of the molecule is Cc1ccccc1N(c1c(C)ccc2c1oc1ccccc12)c1cc2c3ccccc3oc2c2c1c1cccc3c4c(N(c5ccccc5C)c5c(C)ccc6c5oc5ccccc56)cc5c6ccccc6oc5c4n2c13. The molecule has 0 saturated carbocycles. The minimum Gasteiger partial charge on any atom is -0.454 e. The Kier molecular flexibility index (Phi) is 8.43. The second kappa shape index (κ2) is 15.3. The van der Waals surface area contributed by atoms with Crippen molar-refractivity contribution in [3.63, 3.8) is 0 Å². The van der Waals surface area contributed by atoms with Crippen molar-refractivity contribution in [1.29, 1.82) is 0 Å². The number of aryl methyl sites for hydroxylation is 4. The van der Waals surface area contributed by atoms with Gasteiger partial charge in [-0.15, -0.1) is 0 Å². The van der Waals surface area contributed by atoms with E-state index in [0.717, 1.165) is 182 Å². The summed E-state index contributed by atoms with van der Waals surface area (Å²) in [5, 5.41) is 12.7. The predicted molar refractivity (Wildman–Crippen MR) is 319 cm³/mol. The second-order valence-electron chi connectivity index (χ2n) is 20.9. The Balaban J connectivity index is 1.10. The zero-order chi connectivity index (χ0) is 50.9. The monoisotopic (exact) mass is 991 g/mol. The van der Waals surface area contributed by atoms with E-state index in [-0.39, 0.29) is 0 Å². The lowest BCUT2D eigenvalue weighted by atomic mass is 9.99. The molecule has 0 aliphatic carbocycles. The van der Waals surface area contributed by atoms with Gasteiger partial charge in [0.15, 0.2) is 22.3 Å². The molecule has 7 heteroatoms. The lowest BCUT2D eigenvalue weighted by Crippen LogP contribution is -2.14. The fourth-order valence-electron chi connectivity index (χ4n) is 13.2. The lowest BCUT2D eigenvalue weighted by Gasteiger charge is -2.30. The molecule has 0 radical (unpaired) electrons. The van der Waals surface area contributed by atoms with Crippen molar-refractivity contribution in [2.24, 2.45) is 0 Å². The topological polar surface area (TPSA) is 63.5 Å². The first-order chi connectivity index (χ1) is 37.9. The van der Waals surface area contributed by atoms with Crippen molar-refractivity contribution < 1.29 is 17.7 Å². The third-order valence-electron chi connectivity index (χ3n) is 16.6. The molecule has 0 spiro atoms. The van der Waals surface area contributed by atoms with Gasteiger partial charge >= 0.3 is 0 Å². The van der Waals surface area contributed by atoms with Gasteiger partial charge < -0.3 is 31.9 Å². The van der Waals surface area contributed by atoms with Crippen LogP contribution < -0.4 is 9.80 Å². The van der Waals surface area contributed by atoms with Gasteiger partial charge in [-0.05, 0) is 98.5 Å². The molecule has 0 bridgehead atoms. The summed E-state index contributed by atoms with van der Waals surface area (Å²) in [6.07, 6.45) is 0. The minimum absolute atomic E-state index is 0.802. The number of hydrogen-bond donors (Lipinski definition) is 0. The van der Waals surface area contributed by atoms with E-state index in [1.165, 1.54) is 0 Å². The zero-order valence-electron chi connectivity index (χ0n) is 42.5. The quantitative estimate of drug-likeness (QED) is 0.165. The molecule has 11 aromatic carbocycles. The lowest BCUT2D eigenvalue weighted by molar-refractivity contribution is 0.668. The molecule has 6 aromatic heterocycles. The molecule has 364 valence electrons. The minimum atomic E-state index is 0.802. The van der Waals surface area contributed by atoms with Crippen LogP contribution in [0.4, 0.5) is 34.1 Å². The van der Waals surface area contributed by atoms with E-state index < -0.39 is 0 Å². The molecule has 77 heavy (non-hydrogen) atoms. The molecule has 0 fully saturated rings. The highest BCUT2D eigenvalue weighted by Crippen LogP contribution is 2.57. The molecule has 0 atom stereocenters. The van der Waals surface area contributed by atoms with Crippen molar-refractivity contribution in [3.8, 4) is 0 Å². The number of rotatable bonds is 6. The van der Waals surface area contributed by atoms with Gasteiger partial charge in [0, 0.05) is 76.0 Å². The van der Waals surface area contributed by atoms with E-state index in [9.17, 15) is 0 Å². The highest BCUT2D eigenvalue weighted by Gasteiger charge is 2.34. The van der Waals surface area contributed by atoms with E-state index >= 15 is 0 Å². The number of furan rings is 4. The normalized spacial score (nSPS) is 12.4. The van der Waals surface area contributed by atoms with Crippen LogP contribution in [0.25, 0.3) is 126 Å². The highest BCUT2D eigenvalue weighted by atomic mass is 16.3. The number of nitrogens with zero attached hydrogens (tertiary/aromatic N) is 3. The van der Waals surface area contributed by atoms with Gasteiger partial charge in [0.05, 0.1) is 28.3 Å². The Labute approximate surface area is 439 Å². The average molecular weight is 992 g/mol. The summed E-state index contributed by atoms with van der Waals surface area (Å²) in [5.74, 6) is 0. The molecular weight excluding hydrogens is 947 g/mol. The number of para-hydroxylation sites is 7. The summed E-state index contributed by atoms with van der Waals surface area (Å²) in [7, 11) is 0. The van der Waals surface area contributed by atoms with Crippen LogP contribution in [0.2, 0.25) is 0 Å². The van der Waals surface area contributed by atoms with E-state index in [1.807, 2.05) is 12.1 Å². The highest BCUT2D eigenvalue weighted by molar-refractivity contribution is 6.36. The summed E-state index contributed by atoms with van der Waals surface area (Å²) in [6.45, 7) is 8.80. The second-order valence-corrected chi connectivity index (χ2v) is 20.9. The third kappa shape index (κ3) is 5.59. The molecule has 0 aliphatic rings. The van der Waals surface area contributed by atoms with Crippen LogP contribution in [0.1, 0.15) is 22.3 Å². The fraction of sp³-hybridized carbons (Fsp3) is 0.0571. The largest absolute Gasteiger partial charge is 0.454 e. The van der Waals surface area contributed by atoms with E-state index in [1.54, 1.807) is 0 Å². The maximum Gasteiger partial charge on any atom is 0.160 e. The van der Waals surface area contributed by atoms with Crippen LogP contribution in [-0.2, 0) is 0 Å². The first kappa shape index (κ1) is 42.4. The molecular formula is C70H45N3O4. The van der Waals surface area contributed by atoms with Crippen LogP contribution in [-0.4, -0.2) is 4.40 Å². The zero-order valence-corrected chi connectivity index (χ0v) is 42.5. The van der Waals surface area contributed by atoms with Crippen molar-refractivity contribution in [2.75, 3.05) is 9.80 Å². The van der Waals surface area contributed by atoms with Crippen molar-refractivity contribution >= 4 is 160 Å². The Bertz CT molecular complexity index is 5040. The third-order valence-corrected chi connectivity index (χ3v) is 16.6. The molecule has 17 rings (SSSR count). The number of hydrogen-bond acceptors (Lipinski definition) is 6. The van der Waals surface area contributed by atoms with Gasteiger partial charge in [-0.3, -0.25) is 0 Å². The van der Waals surface area contributed by atoms with Crippen LogP contribution in [0.5, 0.6) is 0 Å². The Morgan fingerprint density at radius 2 is 0.623 bits per heavy atom. The maximum absolute atomic E-state index is 7.26. The smallest absolute Gasteiger partial charge is 0.160 e. The average Bonchev–Trinajstić information content (AvgIpc) is 4.28. The molecule has 0 N–H and O–H groups in total. The van der Waals surface area contributed by atoms with E-state index in [0.29, 0.717) is 0 Å². The number of aromatic nitrogens is 1. The van der Waals surface area contributed by atoms with Crippen molar-refractivity contribution in [2.45, 2.75) is 27.7 Å². The van der Waals surface area contributed by atoms with Gasteiger partial charge in [-0.2, -0.15) is 0 Å². The molecule has 17 aromatic rings. The summed E-state index contributed by atoms with van der Waals surface area (Å²) in [4.78, 5) is 4.92. The van der Waals surface area contributed by atoms with Gasteiger partial charge in [-0.1, -0.05) is 152 Å². The molecule has 0 unspecified atom stereocenters. The fourth-order valence-corrected chi connectivity index (χ4v) is 13.2. The number of benzene rings is 11. The Morgan fingerprint density at radius 1 is 0.273 bits per heavy atom. The summed E-state index contributed by atoms with van der Waals surface area (Å²) in [6, 6.07) is 71.4. The Morgan fingerprint density at radius 3 is 1.04 bits per heavy atom. The molecule has 6 heterocycles. The van der Waals surface area contributed by atoms with Gasteiger partial charge in [0.1, 0.15) is 33.4 Å². The first-order valence-corrected chi connectivity index (χ1v) is 26.3. The van der Waals surface area contributed by atoms with Crippen LogP contribution in [0, 0.1) is 27.7 Å². The summed E-state index contributed by atoms with van der Waals surface area (Å²) in [5.41, 5.74) is 20.2. The first-order valence-electron chi connectivity index (χ1n) is 26.3. The van der Waals surface area contributed by atoms with Crippen molar-refractivity contribution in [3.05, 3.63) is 222 Å². The summed E-state index contributed by atoms with van der Waals surface area (Å²) < 4.78 is 31.0. The van der Waals surface area contributed by atoms with Crippen LogP contribution >= 0.6 is 0 Å². The molecule has 0 aliphatic heterocycles. The van der Waals surface area contributed by atoms with E-state index in [4.69, 9.17) is 17.7 Å². The van der Waals surface area contributed by atoms with E-state index in [2.05, 4.69) is 230 Å². The molecule has 0 saturated heterocycles. The predicted octanol–water partition coefficient (Wildman–Crippen LogP) is 20.6. The summed E-state index contributed by atoms with van der Waals surface area (Å²) >= 11 is 0. The van der Waals surface area contributed by atoms with Crippen molar-refractivity contribution in [1.82, 2.24) is 4.40 Å². The van der Waals surface area contributed by atoms with Gasteiger partial charge in [0.2, 0.25) is 0 Å². The molecule has 0 amide bonds. The number of anilines is 6. The van der Waals surface area contributed by atoms with Gasteiger partial charge in [0.25, 0.3) is 0 Å². The van der Waals surface area contributed by atoms with Gasteiger partial charge in [-0.25, -0.2) is 0 Å². The van der Waals surface area contributed by atoms with Crippen LogP contribution in [0.3, 0.4) is 0 Å². The number of fused-ring (bicyclic) bond motifs is 20.